The van der Waals surface area contributed by atoms with E-state index in [1.807, 2.05) is 0 Å². The van der Waals surface area contributed by atoms with Crippen LogP contribution in [0.25, 0.3) is 0 Å². The minimum atomic E-state index is 0.0833. The predicted octanol–water partition coefficient (Wildman–Crippen LogP) is -0.458. The smallest absolute Gasteiger partial charge is 0.104 e. The molecular formula is C6H12O3. The van der Waals surface area contributed by atoms with Gasteiger partial charge in [-0.15, -0.1) is 6.58 Å². The van der Waals surface area contributed by atoms with Crippen LogP contribution in [0.2, 0.25) is 0 Å². The van der Waals surface area contributed by atoms with E-state index in [2.05, 4.69) is 11.3 Å². The van der Waals surface area contributed by atoms with Crippen LogP contribution in [-0.2, 0) is 4.74 Å². The Morgan fingerprint density at radius 3 is 2.11 bits per heavy atom. The lowest BCUT2D eigenvalue weighted by atomic mass is 10.5. The molecule has 3 heteroatoms. The number of epoxide rings is 1. The Labute approximate surface area is 54.6 Å². The maximum atomic E-state index is 8.08. The molecule has 1 fully saturated rings. The molecule has 2 N–H and O–H groups in total. The van der Waals surface area contributed by atoms with Gasteiger partial charge in [-0.3, -0.25) is 0 Å². The van der Waals surface area contributed by atoms with Gasteiger partial charge < -0.3 is 14.9 Å². The summed E-state index contributed by atoms with van der Waals surface area (Å²) in [5, 5.41) is 15.8. The number of hydrogen-bond donors (Lipinski definition) is 2. The second kappa shape index (κ2) is 5.75. The van der Waals surface area contributed by atoms with E-state index in [0.29, 0.717) is 0 Å². The lowest BCUT2D eigenvalue weighted by Crippen LogP contribution is -1.88. The lowest BCUT2D eigenvalue weighted by molar-refractivity contribution is 0.244. The van der Waals surface area contributed by atoms with Gasteiger partial charge in [0.1, 0.15) is 6.10 Å². The highest BCUT2D eigenvalue weighted by atomic mass is 16.6. The van der Waals surface area contributed by atoms with Crippen LogP contribution in [0.1, 0.15) is 0 Å². The maximum absolute atomic E-state index is 8.08. The minimum Gasteiger partial charge on any atom is -0.394 e. The standard InChI is InChI=1S/C3H6O2.C3H6O/c4-1-3-2-5-3;1-2-3-4/h3-4H,1-2H2;2,4H,1,3H2. The molecule has 0 spiro atoms. The van der Waals surface area contributed by atoms with Crippen LogP contribution in [0.5, 0.6) is 0 Å². The second-order valence-corrected chi connectivity index (χ2v) is 1.61. The maximum Gasteiger partial charge on any atom is 0.104 e. The Bertz CT molecular complexity index is 68.7. The molecule has 1 aliphatic rings. The molecule has 0 radical (unpaired) electrons. The molecule has 1 atom stereocenters. The molecule has 1 aliphatic heterocycles. The van der Waals surface area contributed by atoms with Gasteiger partial charge in [0.25, 0.3) is 0 Å². The fraction of sp³-hybridized carbons (Fsp3) is 0.667. The average molecular weight is 132 g/mol. The summed E-state index contributed by atoms with van der Waals surface area (Å²) in [6.45, 7) is 4.27. The van der Waals surface area contributed by atoms with Crippen molar-refractivity contribution in [1.82, 2.24) is 0 Å². The zero-order chi connectivity index (χ0) is 7.11. The van der Waals surface area contributed by atoms with E-state index >= 15 is 0 Å². The summed E-state index contributed by atoms with van der Waals surface area (Å²) in [4.78, 5) is 0. The molecule has 0 aromatic heterocycles. The van der Waals surface area contributed by atoms with Crippen molar-refractivity contribution in [2.45, 2.75) is 6.10 Å². The van der Waals surface area contributed by atoms with Gasteiger partial charge in [-0.1, -0.05) is 6.08 Å². The first-order chi connectivity index (χ1) is 4.35. The fourth-order valence-corrected chi connectivity index (χ4v) is 0.173. The summed E-state index contributed by atoms with van der Waals surface area (Å²) in [5.74, 6) is 0. The molecule has 0 aliphatic carbocycles. The van der Waals surface area contributed by atoms with Crippen molar-refractivity contribution in [2.75, 3.05) is 19.8 Å². The summed E-state index contributed by atoms with van der Waals surface area (Å²) < 4.78 is 4.61. The topological polar surface area (TPSA) is 53.0 Å². The number of rotatable bonds is 2. The molecule has 1 heterocycles. The van der Waals surface area contributed by atoms with E-state index < -0.39 is 0 Å². The van der Waals surface area contributed by atoms with Crippen molar-refractivity contribution in [3.8, 4) is 0 Å². The van der Waals surface area contributed by atoms with Gasteiger partial charge >= 0.3 is 0 Å². The molecule has 1 rings (SSSR count). The Balaban J connectivity index is 0.000000148. The van der Waals surface area contributed by atoms with Crippen molar-refractivity contribution < 1.29 is 14.9 Å². The van der Waals surface area contributed by atoms with Gasteiger partial charge in [0.2, 0.25) is 0 Å². The number of ether oxygens (including phenoxy) is 1. The van der Waals surface area contributed by atoms with Gasteiger partial charge in [-0.2, -0.15) is 0 Å². The molecule has 0 aromatic rings. The highest BCUT2D eigenvalue weighted by Gasteiger charge is 2.19. The summed E-state index contributed by atoms with van der Waals surface area (Å²) in [6, 6.07) is 0. The first-order valence-corrected chi connectivity index (χ1v) is 2.79. The molecule has 0 aromatic carbocycles. The third-order valence-corrected chi connectivity index (χ3v) is 0.735. The molecule has 3 nitrogen and oxygen atoms in total. The monoisotopic (exact) mass is 132 g/mol. The number of hydrogen-bond acceptors (Lipinski definition) is 3. The van der Waals surface area contributed by atoms with E-state index in [4.69, 9.17) is 10.2 Å². The Kier molecular flexibility index (Phi) is 5.51. The van der Waals surface area contributed by atoms with E-state index in [-0.39, 0.29) is 19.3 Å². The largest absolute Gasteiger partial charge is 0.394 e. The molecule has 54 valence electrons. The Morgan fingerprint density at radius 2 is 2.11 bits per heavy atom. The SMILES string of the molecule is C=CCO.OCC1CO1. The highest BCUT2D eigenvalue weighted by molar-refractivity contribution is 4.65. The van der Waals surface area contributed by atoms with Crippen molar-refractivity contribution >= 4 is 0 Å². The lowest BCUT2D eigenvalue weighted by Gasteiger charge is -1.70. The first-order valence-electron chi connectivity index (χ1n) is 2.79. The van der Waals surface area contributed by atoms with Crippen LogP contribution in [0.15, 0.2) is 12.7 Å². The van der Waals surface area contributed by atoms with Crippen LogP contribution < -0.4 is 0 Å². The summed E-state index contributed by atoms with van der Waals surface area (Å²) in [6.07, 6.45) is 1.62. The average Bonchev–Trinajstić information content (AvgIpc) is 2.70. The Morgan fingerprint density at radius 1 is 1.67 bits per heavy atom. The van der Waals surface area contributed by atoms with E-state index in [0.717, 1.165) is 6.61 Å². The summed E-state index contributed by atoms with van der Waals surface area (Å²) >= 11 is 0. The van der Waals surface area contributed by atoms with Crippen LogP contribution in [0.4, 0.5) is 0 Å². The van der Waals surface area contributed by atoms with Crippen LogP contribution in [0.3, 0.4) is 0 Å². The van der Waals surface area contributed by atoms with Crippen molar-refractivity contribution in [2.24, 2.45) is 0 Å². The third-order valence-electron chi connectivity index (χ3n) is 0.735. The molecule has 0 saturated carbocycles. The molecule has 1 saturated heterocycles. The highest BCUT2D eigenvalue weighted by Crippen LogP contribution is 2.04. The van der Waals surface area contributed by atoms with Crippen molar-refractivity contribution in [3.63, 3.8) is 0 Å². The Hall–Kier alpha value is -0.380. The van der Waals surface area contributed by atoms with Gasteiger partial charge in [-0.05, 0) is 0 Å². The van der Waals surface area contributed by atoms with Gasteiger partial charge in [0.05, 0.1) is 19.8 Å². The summed E-state index contributed by atoms with van der Waals surface area (Å²) in [5.41, 5.74) is 0. The van der Waals surface area contributed by atoms with Crippen molar-refractivity contribution in [1.29, 1.82) is 0 Å². The normalized spacial score (nSPS) is 21.8. The third kappa shape index (κ3) is 7.62. The first kappa shape index (κ1) is 8.62. The molecule has 0 amide bonds. The molecule has 1 unspecified atom stereocenters. The molecular weight excluding hydrogens is 120 g/mol. The quantitative estimate of drug-likeness (QED) is 0.395. The van der Waals surface area contributed by atoms with E-state index in [1.165, 1.54) is 6.08 Å². The van der Waals surface area contributed by atoms with Crippen LogP contribution in [0, 0.1) is 0 Å². The predicted molar refractivity (Wildman–Crippen MR) is 34.1 cm³/mol. The molecule has 0 bridgehead atoms. The van der Waals surface area contributed by atoms with E-state index in [9.17, 15) is 0 Å². The fourth-order valence-electron chi connectivity index (χ4n) is 0.173. The number of aliphatic hydroxyl groups is 2. The molecule has 9 heavy (non-hydrogen) atoms. The van der Waals surface area contributed by atoms with Crippen molar-refractivity contribution in [3.05, 3.63) is 12.7 Å². The second-order valence-electron chi connectivity index (χ2n) is 1.61. The zero-order valence-corrected chi connectivity index (χ0v) is 5.29. The van der Waals surface area contributed by atoms with Gasteiger partial charge in [-0.25, -0.2) is 0 Å². The summed E-state index contributed by atoms with van der Waals surface area (Å²) in [7, 11) is 0. The zero-order valence-electron chi connectivity index (χ0n) is 5.29. The van der Waals surface area contributed by atoms with Gasteiger partial charge in [0.15, 0.2) is 0 Å². The van der Waals surface area contributed by atoms with Crippen LogP contribution >= 0.6 is 0 Å². The van der Waals surface area contributed by atoms with Crippen LogP contribution in [-0.4, -0.2) is 36.1 Å². The van der Waals surface area contributed by atoms with Gasteiger partial charge in [0, 0.05) is 0 Å². The van der Waals surface area contributed by atoms with E-state index in [1.54, 1.807) is 0 Å². The minimum absolute atomic E-state index is 0.0833. The number of aliphatic hydroxyl groups excluding tert-OH is 2.